The van der Waals surface area contributed by atoms with E-state index in [0.717, 1.165) is 30.5 Å². The number of hydrogen-bond acceptors (Lipinski definition) is 4. The molecule has 0 fully saturated rings. The average Bonchev–Trinajstić information content (AvgIpc) is 2.70. The number of anilines is 1. The number of benzene rings is 1. The van der Waals surface area contributed by atoms with Crippen molar-refractivity contribution in [3.8, 4) is 0 Å². The van der Waals surface area contributed by atoms with Crippen LogP contribution in [0.1, 0.15) is 18.4 Å². The molecule has 1 aliphatic rings. The second kappa shape index (κ2) is 5.61. The molecular formula is C14H14ClN3O2S. The fourth-order valence-electron chi connectivity index (χ4n) is 2.47. The molecule has 0 amide bonds. The van der Waals surface area contributed by atoms with E-state index in [1.807, 2.05) is 24.3 Å². The lowest BCUT2D eigenvalue weighted by Crippen LogP contribution is -2.32. The van der Waals surface area contributed by atoms with Crippen molar-refractivity contribution in [3.05, 3.63) is 47.5 Å². The summed E-state index contributed by atoms with van der Waals surface area (Å²) in [6.07, 6.45) is 5.18. The monoisotopic (exact) mass is 323 g/mol. The summed E-state index contributed by atoms with van der Waals surface area (Å²) < 4.78 is 27.1. The predicted octanol–water partition coefficient (Wildman–Crippen LogP) is 2.66. The van der Waals surface area contributed by atoms with Gasteiger partial charge in [-0.15, -0.1) is 0 Å². The first-order valence-corrected chi connectivity index (χ1v) is 8.49. The van der Waals surface area contributed by atoms with Crippen molar-refractivity contribution in [3.63, 3.8) is 0 Å². The molecule has 1 aliphatic heterocycles. The van der Waals surface area contributed by atoms with E-state index in [1.165, 1.54) is 16.7 Å². The molecule has 0 radical (unpaired) electrons. The van der Waals surface area contributed by atoms with E-state index in [2.05, 4.69) is 9.97 Å². The van der Waals surface area contributed by atoms with Gasteiger partial charge in [-0.1, -0.05) is 18.2 Å². The van der Waals surface area contributed by atoms with Gasteiger partial charge in [0, 0.05) is 6.54 Å². The highest BCUT2D eigenvalue weighted by atomic mass is 35.5. The molecule has 1 aromatic carbocycles. The molecule has 0 atom stereocenters. The molecule has 0 aliphatic carbocycles. The molecule has 110 valence electrons. The van der Waals surface area contributed by atoms with Crippen molar-refractivity contribution in [2.24, 2.45) is 0 Å². The Balaban J connectivity index is 2.08. The molecule has 21 heavy (non-hydrogen) atoms. The Morgan fingerprint density at radius 1 is 1.10 bits per heavy atom. The van der Waals surface area contributed by atoms with Crippen molar-refractivity contribution in [1.82, 2.24) is 9.97 Å². The standard InChI is InChI=1S/C14H14ClN3O2S/c15-14-16-9-12(10-17-14)21(19,20)18-8-4-3-6-11-5-1-2-7-13(11)18/h1-2,5,7,9-10H,3-4,6,8H2. The molecule has 0 bridgehead atoms. The lowest BCUT2D eigenvalue weighted by molar-refractivity contribution is 0.588. The van der Waals surface area contributed by atoms with Crippen LogP contribution in [-0.2, 0) is 16.4 Å². The smallest absolute Gasteiger partial charge is 0.266 e. The van der Waals surface area contributed by atoms with Gasteiger partial charge in [-0.25, -0.2) is 18.4 Å². The number of rotatable bonds is 2. The molecular weight excluding hydrogens is 310 g/mol. The van der Waals surface area contributed by atoms with Gasteiger partial charge in [-0.05, 0) is 42.5 Å². The van der Waals surface area contributed by atoms with Gasteiger partial charge in [0.15, 0.2) is 0 Å². The molecule has 3 rings (SSSR count). The number of aryl methyl sites for hydroxylation is 1. The highest BCUT2D eigenvalue weighted by molar-refractivity contribution is 7.92. The molecule has 0 N–H and O–H groups in total. The van der Waals surface area contributed by atoms with Gasteiger partial charge in [0.25, 0.3) is 10.0 Å². The van der Waals surface area contributed by atoms with E-state index < -0.39 is 10.0 Å². The maximum atomic E-state index is 12.8. The second-order valence-corrected chi connectivity index (χ2v) is 7.05. The Morgan fingerprint density at radius 3 is 2.57 bits per heavy atom. The van der Waals surface area contributed by atoms with Gasteiger partial charge in [0.05, 0.1) is 18.1 Å². The molecule has 0 saturated heterocycles. The average molecular weight is 324 g/mol. The molecule has 2 heterocycles. The maximum Gasteiger partial charge on any atom is 0.267 e. The fraction of sp³-hybridized carbons (Fsp3) is 0.286. The number of aromatic nitrogens is 2. The van der Waals surface area contributed by atoms with E-state index in [0.29, 0.717) is 6.54 Å². The first kappa shape index (κ1) is 14.3. The zero-order valence-electron chi connectivity index (χ0n) is 11.2. The van der Waals surface area contributed by atoms with Crippen molar-refractivity contribution >= 4 is 27.3 Å². The summed E-state index contributed by atoms with van der Waals surface area (Å²) >= 11 is 5.62. The number of fused-ring (bicyclic) bond motifs is 1. The Morgan fingerprint density at radius 2 is 1.81 bits per heavy atom. The summed E-state index contributed by atoms with van der Waals surface area (Å²) in [6, 6.07) is 7.60. The summed E-state index contributed by atoms with van der Waals surface area (Å²) in [5.74, 6) is 0. The highest BCUT2D eigenvalue weighted by Gasteiger charge is 2.28. The normalized spacial score (nSPS) is 15.4. The van der Waals surface area contributed by atoms with E-state index >= 15 is 0 Å². The van der Waals surface area contributed by atoms with Crippen LogP contribution in [0.2, 0.25) is 5.28 Å². The van der Waals surface area contributed by atoms with Crippen molar-refractivity contribution < 1.29 is 8.42 Å². The van der Waals surface area contributed by atoms with E-state index in [1.54, 1.807) is 0 Å². The minimum absolute atomic E-state index is 0.0326. The first-order valence-electron chi connectivity index (χ1n) is 6.67. The summed E-state index contributed by atoms with van der Waals surface area (Å²) in [5, 5.41) is 0.0326. The lowest BCUT2D eigenvalue weighted by Gasteiger charge is -2.24. The topological polar surface area (TPSA) is 63.2 Å². The van der Waals surface area contributed by atoms with Crippen LogP contribution in [0.15, 0.2) is 41.6 Å². The quantitative estimate of drug-likeness (QED) is 0.797. The SMILES string of the molecule is O=S(=O)(c1cnc(Cl)nc1)N1CCCCc2ccccc21. The number of para-hydroxylation sites is 1. The summed E-state index contributed by atoms with van der Waals surface area (Å²) in [5.41, 5.74) is 1.79. The van der Waals surface area contributed by atoms with Crippen LogP contribution in [0, 0.1) is 0 Å². The van der Waals surface area contributed by atoms with Crippen LogP contribution in [0.4, 0.5) is 5.69 Å². The van der Waals surface area contributed by atoms with Gasteiger partial charge >= 0.3 is 0 Å². The Labute approximate surface area is 128 Å². The summed E-state index contributed by atoms with van der Waals surface area (Å²) in [6.45, 7) is 0.460. The fourth-order valence-corrected chi connectivity index (χ4v) is 4.00. The van der Waals surface area contributed by atoms with Crippen LogP contribution in [0.5, 0.6) is 0 Å². The molecule has 7 heteroatoms. The Kier molecular flexibility index (Phi) is 3.82. The van der Waals surface area contributed by atoms with E-state index in [9.17, 15) is 8.42 Å². The van der Waals surface area contributed by atoms with E-state index in [-0.39, 0.29) is 10.2 Å². The third kappa shape index (κ3) is 2.73. The van der Waals surface area contributed by atoms with Crippen LogP contribution in [0.3, 0.4) is 0 Å². The van der Waals surface area contributed by atoms with Gasteiger partial charge < -0.3 is 0 Å². The molecule has 2 aromatic rings. The van der Waals surface area contributed by atoms with Crippen molar-refractivity contribution in [2.75, 3.05) is 10.8 Å². The lowest BCUT2D eigenvalue weighted by atomic mass is 10.1. The Bertz CT molecular complexity index is 747. The van der Waals surface area contributed by atoms with Crippen LogP contribution < -0.4 is 4.31 Å². The molecule has 0 saturated carbocycles. The van der Waals surface area contributed by atoms with Gasteiger partial charge in [-0.3, -0.25) is 4.31 Å². The second-order valence-electron chi connectivity index (χ2n) is 4.85. The number of nitrogens with zero attached hydrogens (tertiary/aromatic N) is 3. The van der Waals surface area contributed by atoms with Gasteiger partial charge in [0.2, 0.25) is 5.28 Å². The number of hydrogen-bond donors (Lipinski definition) is 0. The summed E-state index contributed by atoms with van der Waals surface area (Å²) in [7, 11) is -3.67. The molecule has 0 spiro atoms. The molecule has 5 nitrogen and oxygen atoms in total. The number of sulfonamides is 1. The Hall–Kier alpha value is -1.66. The van der Waals surface area contributed by atoms with Crippen LogP contribution in [0.25, 0.3) is 0 Å². The third-order valence-corrected chi connectivity index (χ3v) is 5.46. The zero-order chi connectivity index (χ0) is 14.9. The third-order valence-electron chi connectivity index (χ3n) is 3.50. The minimum atomic E-state index is -3.67. The van der Waals surface area contributed by atoms with Gasteiger partial charge in [0.1, 0.15) is 4.90 Å². The van der Waals surface area contributed by atoms with E-state index in [4.69, 9.17) is 11.6 Å². The maximum absolute atomic E-state index is 12.8. The zero-order valence-corrected chi connectivity index (χ0v) is 12.8. The van der Waals surface area contributed by atoms with Crippen LogP contribution in [-0.4, -0.2) is 24.9 Å². The largest absolute Gasteiger partial charge is 0.267 e. The minimum Gasteiger partial charge on any atom is -0.266 e. The highest BCUT2D eigenvalue weighted by Crippen LogP contribution is 2.30. The summed E-state index contributed by atoms with van der Waals surface area (Å²) in [4.78, 5) is 7.60. The van der Waals surface area contributed by atoms with Crippen molar-refractivity contribution in [2.45, 2.75) is 24.2 Å². The molecule has 0 unspecified atom stereocenters. The van der Waals surface area contributed by atoms with Gasteiger partial charge in [-0.2, -0.15) is 0 Å². The number of halogens is 1. The predicted molar refractivity (Wildman–Crippen MR) is 81.0 cm³/mol. The van der Waals surface area contributed by atoms with Crippen molar-refractivity contribution in [1.29, 1.82) is 0 Å². The first-order chi connectivity index (χ1) is 10.1. The molecule has 1 aromatic heterocycles. The van der Waals surface area contributed by atoms with Crippen LogP contribution >= 0.6 is 11.6 Å².